The predicted molar refractivity (Wildman–Crippen MR) is 89.3 cm³/mol. The minimum atomic E-state index is -1.04. The Labute approximate surface area is 140 Å². The molecule has 1 aromatic heterocycles. The van der Waals surface area contributed by atoms with E-state index in [0.717, 1.165) is 17.0 Å². The first-order valence-corrected chi connectivity index (χ1v) is 7.55. The van der Waals surface area contributed by atoms with Crippen LogP contribution in [0.1, 0.15) is 29.8 Å². The molecule has 2 rings (SSSR count). The van der Waals surface area contributed by atoms with Gasteiger partial charge in [-0.1, -0.05) is 0 Å². The van der Waals surface area contributed by atoms with Crippen LogP contribution >= 0.6 is 0 Å². The lowest BCUT2D eigenvalue weighted by atomic mass is 9.98. The third-order valence-corrected chi connectivity index (χ3v) is 3.88. The summed E-state index contributed by atoms with van der Waals surface area (Å²) in [5, 5.41) is 15.8. The molecule has 0 aliphatic rings. The molecule has 0 bridgehead atoms. The van der Waals surface area contributed by atoms with Crippen LogP contribution in [0.25, 0.3) is 0 Å². The van der Waals surface area contributed by atoms with Crippen molar-refractivity contribution in [3.8, 4) is 5.75 Å². The highest BCUT2D eigenvalue weighted by atomic mass is 16.5. The number of benzene rings is 1. The number of anilines is 1. The van der Waals surface area contributed by atoms with E-state index in [9.17, 15) is 9.59 Å². The second kappa shape index (κ2) is 7.16. The molecule has 1 heterocycles. The number of carboxylic acids is 1. The van der Waals surface area contributed by atoms with Crippen LogP contribution in [-0.4, -0.2) is 33.4 Å². The van der Waals surface area contributed by atoms with Gasteiger partial charge in [0.15, 0.2) is 6.61 Å². The van der Waals surface area contributed by atoms with Gasteiger partial charge in [0.25, 0.3) is 0 Å². The Kier molecular flexibility index (Phi) is 5.23. The molecule has 1 amide bonds. The Bertz CT molecular complexity index is 750. The second-order valence-electron chi connectivity index (χ2n) is 5.63. The summed E-state index contributed by atoms with van der Waals surface area (Å²) in [6.45, 7) is 5.27. The first-order chi connectivity index (χ1) is 11.3. The van der Waals surface area contributed by atoms with Crippen LogP contribution in [0.2, 0.25) is 0 Å². The quantitative estimate of drug-likeness (QED) is 0.847. The largest absolute Gasteiger partial charge is 0.482 e. The first-order valence-electron chi connectivity index (χ1n) is 7.55. The first kappa shape index (κ1) is 17.5. The van der Waals surface area contributed by atoms with Crippen LogP contribution in [0.5, 0.6) is 5.75 Å². The minimum Gasteiger partial charge on any atom is -0.482 e. The van der Waals surface area contributed by atoms with Crippen molar-refractivity contribution in [3.05, 3.63) is 41.2 Å². The molecule has 1 aromatic carbocycles. The summed E-state index contributed by atoms with van der Waals surface area (Å²) in [6, 6.07) is 6.57. The van der Waals surface area contributed by atoms with Crippen LogP contribution in [0, 0.1) is 13.8 Å². The van der Waals surface area contributed by atoms with E-state index >= 15 is 0 Å². The second-order valence-corrected chi connectivity index (χ2v) is 5.63. The number of hydrogen-bond donors (Lipinski definition) is 2. The summed E-state index contributed by atoms with van der Waals surface area (Å²) in [4.78, 5) is 22.9. The smallest absolute Gasteiger partial charge is 0.341 e. The van der Waals surface area contributed by atoms with Crippen molar-refractivity contribution in [3.63, 3.8) is 0 Å². The number of carbonyl (C=O) groups is 2. The molecule has 0 radical (unpaired) electrons. The van der Waals surface area contributed by atoms with Gasteiger partial charge in [0.1, 0.15) is 5.75 Å². The maximum absolute atomic E-state index is 12.5. The van der Waals surface area contributed by atoms with Crippen LogP contribution in [0.15, 0.2) is 24.3 Å². The molecular weight excluding hydrogens is 310 g/mol. The van der Waals surface area contributed by atoms with Gasteiger partial charge in [-0.15, -0.1) is 0 Å². The number of hydrogen-bond acceptors (Lipinski definition) is 4. The highest BCUT2D eigenvalue weighted by molar-refractivity contribution is 5.95. The molecule has 128 valence electrons. The van der Waals surface area contributed by atoms with Gasteiger partial charge in [0, 0.05) is 24.0 Å². The number of nitrogens with one attached hydrogen (secondary N) is 1. The predicted octanol–water partition coefficient (Wildman–Crippen LogP) is 2.24. The molecule has 0 fully saturated rings. The van der Waals surface area contributed by atoms with Gasteiger partial charge < -0.3 is 15.2 Å². The molecule has 0 aliphatic heterocycles. The van der Waals surface area contributed by atoms with E-state index in [4.69, 9.17) is 9.84 Å². The Morgan fingerprint density at radius 2 is 1.92 bits per heavy atom. The molecule has 24 heavy (non-hydrogen) atoms. The fourth-order valence-electron chi connectivity index (χ4n) is 2.58. The van der Waals surface area contributed by atoms with E-state index in [1.807, 2.05) is 27.8 Å². The molecule has 2 aromatic rings. The standard InChI is InChI=1S/C17H21N3O4/c1-10(16-11(2)19-20(4)12(16)3)17(23)18-13-5-7-14(8-6-13)24-9-15(21)22/h5-8,10H,9H2,1-4H3,(H,18,23)(H,21,22). The lowest BCUT2D eigenvalue weighted by Gasteiger charge is -2.13. The minimum absolute atomic E-state index is 0.131. The number of amides is 1. The van der Waals surface area contributed by atoms with Crippen LogP contribution in [-0.2, 0) is 16.6 Å². The van der Waals surface area contributed by atoms with Crippen molar-refractivity contribution in [1.82, 2.24) is 9.78 Å². The monoisotopic (exact) mass is 331 g/mol. The average molecular weight is 331 g/mol. The van der Waals surface area contributed by atoms with E-state index in [1.54, 1.807) is 28.9 Å². The van der Waals surface area contributed by atoms with Gasteiger partial charge in [-0.05, 0) is 45.0 Å². The van der Waals surface area contributed by atoms with Crippen molar-refractivity contribution in [2.45, 2.75) is 26.7 Å². The number of carbonyl (C=O) groups excluding carboxylic acids is 1. The molecule has 0 saturated carbocycles. The number of rotatable bonds is 6. The molecule has 1 atom stereocenters. The van der Waals surface area contributed by atoms with E-state index < -0.39 is 12.6 Å². The molecule has 1 unspecified atom stereocenters. The zero-order valence-electron chi connectivity index (χ0n) is 14.2. The molecule has 2 N–H and O–H groups in total. The Hall–Kier alpha value is -2.83. The lowest BCUT2D eigenvalue weighted by Crippen LogP contribution is -2.20. The summed E-state index contributed by atoms with van der Waals surface area (Å²) >= 11 is 0. The number of aromatic nitrogens is 2. The topological polar surface area (TPSA) is 93.5 Å². The van der Waals surface area contributed by atoms with Crippen LogP contribution in [0.3, 0.4) is 0 Å². The molecule has 0 spiro atoms. The lowest BCUT2D eigenvalue weighted by molar-refractivity contribution is -0.139. The van der Waals surface area contributed by atoms with Crippen molar-refractivity contribution in [1.29, 1.82) is 0 Å². The van der Waals surface area contributed by atoms with E-state index in [1.165, 1.54) is 0 Å². The zero-order valence-corrected chi connectivity index (χ0v) is 14.2. The van der Waals surface area contributed by atoms with Gasteiger partial charge in [-0.25, -0.2) is 4.79 Å². The molecular formula is C17H21N3O4. The van der Waals surface area contributed by atoms with Gasteiger partial charge in [0.05, 0.1) is 11.6 Å². The average Bonchev–Trinajstić information content (AvgIpc) is 2.78. The van der Waals surface area contributed by atoms with Crippen LogP contribution in [0.4, 0.5) is 5.69 Å². The number of ether oxygens (including phenoxy) is 1. The summed E-state index contributed by atoms with van der Waals surface area (Å²) in [7, 11) is 1.85. The van der Waals surface area contributed by atoms with Gasteiger partial charge in [-0.3, -0.25) is 9.48 Å². The zero-order chi connectivity index (χ0) is 17.9. The maximum Gasteiger partial charge on any atom is 0.341 e. The molecule has 7 heteroatoms. The van der Waals surface area contributed by atoms with E-state index in [-0.39, 0.29) is 11.8 Å². The Morgan fingerprint density at radius 1 is 1.29 bits per heavy atom. The third kappa shape index (κ3) is 3.92. The highest BCUT2D eigenvalue weighted by Crippen LogP contribution is 2.24. The summed E-state index contributed by atoms with van der Waals surface area (Å²) in [5.41, 5.74) is 3.35. The van der Waals surface area contributed by atoms with Crippen molar-refractivity contribution < 1.29 is 19.4 Å². The van der Waals surface area contributed by atoms with Crippen LogP contribution < -0.4 is 10.1 Å². The fraction of sp³-hybridized carbons (Fsp3) is 0.353. The van der Waals surface area contributed by atoms with Crippen molar-refractivity contribution in [2.24, 2.45) is 7.05 Å². The number of aryl methyl sites for hydroxylation is 2. The summed E-state index contributed by atoms with van der Waals surface area (Å²) in [5.74, 6) is -1.07. The van der Waals surface area contributed by atoms with Gasteiger partial charge in [-0.2, -0.15) is 5.10 Å². The van der Waals surface area contributed by atoms with Crippen molar-refractivity contribution in [2.75, 3.05) is 11.9 Å². The SMILES string of the molecule is Cc1nn(C)c(C)c1C(C)C(=O)Nc1ccc(OCC(=O)O)cc1. The van der Waals surface area contributed by atoms with Gasteiger partial charge >= 0.3 is 5.97 Å². The number of aliphatic carboxylic acids is 1. The van der Waals surface area contributed by atoms with E-state index in [0.29, 0.717) is 11.4 Å². The van der Waals surface area contributed by atoms with Crippen molar-refractivity contribution >= 4 is 17.6 Å². The third-order valence-electron chi connectivity index (χ3n) is 3.88. The van der Waals surface area contributed by atoms with E-state index in [2.05, 4.69) is 10.4 Å². The summed E-state index contributed by atoms with van der Waals surface area (Å²) in [6.07, 6.45) is 0. The molecule has 7 nitrogen and oxygen atoms in total. The number of carboxylic acid groups (broad SMARTS) is 1. The number of nitrogens with zero attached hydrogens (tertiary/aromatic N) is 2. The summed E-state index contributed by atoms with van der Waals surface area (Å²) < 4.78 is 6.82. The molecule has 0 saturated heterocycles. The Balaban J connectivity index is 2.05. The molecule has 0 aliphatic carbocycles. The highest BCUT2D eigenvalue weighted by Gasteiger charge is 2.22. The normalized spacial score (nSPS) is 11.8. The van der Waals surface area contributed by atoms with Gasteiger partial charge in [0.2, 0.25) is 5.91 Å². The Morgan fingerprint density at radius 3 is 2.42 bits per heavy atom. The maximum atomic E-state index is 12.5. The fourth-order valence-corrected chi connectivity index (χ4v) is 2.58.